The first-order valence-electron chi connectivity index (χ1n) is 9.42. The highest BCUT2D eigenvalue weighted by molar-refractivity contribution is 5.83. The Labute approximate surface area is 168 Å². The number of fused-ring (bicyclic) bond motifs is 1. The minimum atomic E-state index is -0.963. The van der Waals surface area contributed by atoms with Gasteiger partial charge in [0.1, 0.15) is 6.54 Å². The fraction of sp³-hybridized carbons (Fsp3) is 0.273. The summed E-state index contributed by atoms with van der Waals surface area (Å²) < 4.78 is 6.36. The van der Waals surface area contributed by atoms with Crippen molar-refractivity contribution in [3.63, 3.8) is 0 Å². The maximum Gasteiger partial charge on any atom is 0.326 e. The Morgan fingerprint density at radius 2 is 1.76 bits per heavy atom. The van der Waals surface area contributed by atoms with Crippen molar-refractivity contribution in [3.05, 3.63) is 76.8 Å². The van der Waals surface area contributed by atoms with Crippen LogP contribution >= 0.6 is 0 Å². The van der Waals surface area contributed by atoms with Gasteiger partial charge in [-0.05, 0) is 30.5 Å². The molecular formula is C22H23N3O4. The molecule has 150 valence electrons. The van der Waals surface area contributed by atoms with Crippen LogP contribution in [0.5, 0.6) is 0 Å². The third-order valence-electron chi connectivity index (χ3n) is 4.66. The van der Waals surface area contributed by atoms with Crippen LogP contribution in [-0.2, 0) is 20.9 Å². The summed E-state index contributed by atoms with van der Waals surface area (Å²) in [4.78, 5) is 41.0. The molecule has 0 saturated carbocycles. The maximum atomic E-state index is 12.4. The molecule has 0 aliphatic carbocycles. The van der Waals surface area contributed by atoms with Gasteiger partial charge in [-0.25, -0.2) is 4.98 Å². The number of ether oxygens (including phenoxy) is 1. The molecule has 0 radical (unpaired) electrons. The van der Waals surface area contributed by atoms with E-state index in [-0.39, 0.29) is 23.9 Å². The number of carbonyl (C=O) groups excluding carboxylic acids is 2. The molecule has 0 aliphatic rings. The van der Waals surface area contributed by atoms with Crippen LogP contribution in [0.4, 0.5) is 0 Å². The number of amides is 1. The molecule has 1 amide bonds. The second-order valence-corrected chi connectivity index (χ2v) is 6.88. The molecule has 29 heavy (non-hydrogen) atoms. The number of hydrogen-bond acceptors (Lipinski definition) is 5. The number of aromatic nitrogens is 2. The number of para-hydroxylation sites is 1. The van der Waals surface area contributed by atoms with E-state index in [2.05, 4.69) is 10.3 Å². The molecule has 0 fully saturated rings. The predicted molar refractivity (Wildman–Crippen MR) is 109 cm³/mol. The number of rotatable bonds is 7. The zero-order valence-electron chi connectivity index (χ0n) is 16.4. The van der Waals surface area contributed by atoms with E-state index in [0.29, 0.717) is 17.4 Å². The largest absolute Gasteiger partial charge is 0.451 e. The molecule has 1 heterocycles. The van der Waals surface area contributed by atoms with Crippen LogP contribution in [0.1, 0.15) is 25.3 Å². The van der Waals surface area contributed by atoms with Gasteiger partial charge in [-0.3, -0.25) is 19.0 Å². The molecule has 3 rings (SSSR count). The molecule has 3 aromatic rings. The molecule has 1 aromatic heterocycles. The highest BCUT2D eigenvalue weighted by atomic mass is 16.5. The van der Waals surface area contributed by atoms with Crippen molar-refractivity contribution in [2.45, 2.75) is 32.4 Å². The monoisotopic (exact) mass is 393 g/mol. The van der Waals surface area contributed by atoms with Gasteiger partial charge in [-0.2, -0.15) is 0 Å². The summed E-state index contributed by atoms with van der Waals surface area (Å²) in [5.41, 5.74) is 1.34. The van der Waals surface area contributed by atoms with E-state index in [4.69, 9.17) is 4.74 Å². The van der Waals surface area contributed by atoms with E-state index in [1.165, 1.54) is 17.8 Å². The quantitative estimate of drug-likeness (QED) is 0.622. The number of nitrogens with one attached hydrogen (secondary N) is 1. The molecule has 7 nitrogen and oxygen atoms in total. The fourth-order valence-electron chi connectivity index (χ4n) is 2.94. The molecule has 7 heteroatoms. The van der Waals surface area contributed by atoms with Gasteiger partial charge in [0.25, 0.3) is 11.5 Å². The van der Waals surface area contributed by atoms with E-state index in [0.717, 1.165) is 5.56 Å². The molecule has 0 unspecified atom stereocenters. The van der Waals surface area contributed by atoms with Gasteiger partial charge in [0.2, 0.25) is 0 Å². The van der Waals surface area contributed by atoms with E-state index in [1.54, 1.807) is 24.3 Å². The van der Waals surface area contributed by atoms with E-state index in [9.17, 15) is 14.4 Å². The lowest BCUT2D eigenvalue weighted by atomic mass is 10.0. The summed E-state index contributed by atoms with van der Waals surface area (Å²) in [6.07, 6.45) is 0.340. The van der Waals surface area contributed by atoms with Crippen molar-refractivity contribution in [2.75, 3.05) is 6.54 Å². The molecule has 0 spiro atoms. The van der Waals surface area contributed by atoms with Crippen LogP contribution in [0, 0.1) is 0 Å². The van der Waals surface area contributed by atoms with Gasteiger partial charge < -0.3 is 10.1 Å². The number of carbonyl (C=O) groups is 2. The normalized spacial score (nSPS) is 12.9. The van der Waals surface area contributed by atoms with Gasteiger partial charge in [0.05, 0.1) is 17.2 Å². The Hall–Kier alpha value is -3.48. The number of esters is 1. The second-order valence-electron chi connectivity index (χ2n) is 6.88. The van der Waals surface area contributed by atoms with E-state index < -0.39 is 12.1 Å². The Balaban J connectivity index is 1.54. The number of hydrogen-bond donors (Lipinski definition) is 1. The highest BCUT2D eigenvalue weighted by Crippen LogP contribution is 2.13. The van der Waals surface area contributed by atoms with Crippen molar-refractivity contribution < 1.29 is 14.3 Å². The Kier molecular flexibility index (Phi) is 6.39. The number of nitrogens with zero attached hydrogens (tertiary/aromatic N) is 2. The van der Waals surface area contributed by atoms with Crippen LogP contribution in [0.2, 0.25) is 0 Å². The molecule has 1 N–H and O–H groups in total. The first kappa shape index (κ1) is 20.3. The predicted octanol–water partition coefficient (Wildman–Crippen LogP) is 2.25. The highest BCUT2D eigenvalue weighted by Gasteiger charge is 2.19. The Morgan fingerprint density at radius 1 is 1.07 bits per heavy atom. The topological polar surface area (TPSA) is 90.3 Å². The SMILES string of the molecule is C[C@H](CNC(=O)[C@@H](C)OC(=O)Cn1cnc2ccccc2c1=O)c1ccccc1. The van der Waals surface area contributed by atoms with Gasteiger partial charge >= 0.3 is 5.97 Å². The third-order valence-corrected chi connectivity index (χ3v) is 4.66. The Morgan fingerprint density at radius 3 is 2.52 bits per heavy atom. The Bertz CT molecular complexity index is 1060. The summed E-state index contributed by atoms with van der Waals surface area (Å²) >= 11 is 0. The van der Waals surface area contributed by atoms with Gasteiger partial charge in [0, 0.05) is 6.54 Å². The second kappa shape index (κ2) is 9.14. The molecule has 0 bridgehead atoms. The average molecular weight is 393 g/mol. The van der Waals surface area contributed by atoms with Crippen LogP contribution in [0.15, 0.2) is 65.7 Å². The molecular weight excluding hydrogens is 370 g/mol. The van der Waals surface area contributed by atoms with Crippen LogP contribution in [0.25, 0.3) is 10.9 Å². The van der Waals surface area contributed by atoms with Gasteiger partial charge in [-0.15, -0.1) is 0 Å². The summed E-state index contributed by atoms with van der Waals surface area (Å²) in [6, 6.07) is 16.7. The summed E-state index contributed by atoms with van der Waals surface area (Å²) in [5, 5.41) is 3.21. The van der Waals surface area contributed by atoms with Crippen LogP contribution < -0.4 is 10.9 Å². The zero-order chi connectivity index (χ0) is 20.8. The summed E-state index contributed by atoms with van der Waals surface area (Å²) in [6.45, 7) is 3.63. The van der Waals surface area contributed by atoms with Crippen LogP contribution in [-0.4, -0.2) is 34.1 Å². The van der Waals surface area contributed by atoms with Crippen LogP contribution in [0.3, 0.4) is 0 Å². The smallest absolute Gasteiger partial charge is 0.326 e. The minimum absolute atomic E-state index is 0.130. The van der Waals surface area contributed by atoms with Gasteiger partial charge in [-0.1, -0.05) is 49.4 Å². The average Bonchev–Trinajstić information content (AvgIpc) is 2.74. The van der Waals surface area contributed by atoms with E-state index in [1.807, 2.05) is 37.3 Å². The van der Waals surface area contributed by atoms with Crippen molar-refractivity contribution in [2.24, 2.45) is 0 Å². The standard InChI is InChI=1S/C22H23N3O4/c1-15(17-8-4-3-5-9-17)12-23-21(27)16(2)29-20(26)13-25-14-24-19-11-7-6-10-18(19)22(25)28/h3-11,14-16H,12-13H2,1-2H3,(H,23,27)/t15-,16-/m1/s1. The van der Waals surface area contributed by atoms with Gasteiger partial charge in [0.15, 0.2) is 6.10 Å². The summed E-state index contributed by atoms with van der Waals surface area (Å²) in [5.74, 6) is -0.932. The van der Waals surface area contributed by atoms with E-state index >= 15 is 0 Å². The lowest BCUT2D eigenvalue weighted by molar-refractivity contribution is -0.155. The first-order chi connectivity index (χ1) is 14.0. The lowest BCUT2D eigenvalue weighted by Gasteiger charge is -2.17. The maximum absolute atomic E-state index is 12.4. The molecule has 2 aromatic carbocycles. The first-order valence-corrected chi connectivity index (χ1v) is 9.42. The molecule has 0 saturated heterocycles. The number of benzene rings is 2. The molecule has 2 atom stereocenters. The third kappa shape index (κ3) is 5.07. The van der Waals surface area contributed by atoms with Crippen molar-refractivity contribution in [1.82, 2.24) is 14.9 Å². The van der Waals surface area contributed by atoms with Crippen molar-refractivity contribution in [1.29, 1.82) is 0 Å². The molecule has 0 aliphatic heterocycles. The van der Waals surface area contributed by atoms with Crippen molar-refractivity contribution >= 4 is 22.8 Å². The fourth-order valence-corrected chi connectivity index (χ4v) is 2.94. The summed E-state index contributed by atoms with van der Waals surface area (Å²) in [7, 11) is 0. The zero-order valence-corrected chi connectivity index (χ0v) is 16.4. The lowest BCUT2D eigenvalue weighted by Crippen LogP contribution is -2.38. The van der Waals surface area contributed by atoms with Crippen molar-refractivity contribution in [3.8, 4) is 0 Å². The minimum Gasteiger partial charge on any atom is -0.451 e.